The molecule has 1 nitrogen and oxygen atoms in total. The van der Waals surface area contributed by atoms with E-state index < -0.39 is 0 Å². The van der Waals surface area contributed by atoms with Crippen molar-refractivity contribution in [2.24, 2.45) is 0 Å². The number of aliphatic hydroxyl groups is 1. The molecule has 1 heteroatoms. The highest BCUT2D eigenvalue weighted by Gasteiger charge is 1.94. The van der Waals surface area contributed by atoms with E-state index in [9.17, 15) is 0 Å². The van der Waals surface area contributed by atoms with Crippen molar-refractivity contribution >= 4 is 0 Å². The molecule has 0 aliphatic carbocycles. The van der Waals surface area contributed by atoms with E-state index in [1.54, 1.807) is 0 Å². The van der Waals surface area contributed by atoms with E-state index in [4.69, 9.17) is 5.11 Å². The highest BCUT2D eigenvalue weighted by atomic mass is 16.3. The van der Waals surface area contributed by atoms with E-state index in [0.29, 0.717) is 0 Å². The molecule has 0 unspecified atom stereocenters. The van der Waals surface area contributed by atoms with Crippen LogP contribution in [0.2, 0.25) is 0 Å². The zero-order chi connectivity index (χ0) is 7.11. The third kappa shape index (κ3) is 5.57. The summed E-state index contributed by atoms with van der Waals surface area (Å²) in [5.41, 5.74) is 0. The monoisotopic (exact) mass is 128 g/mol. The van der Waals surface area contributed by atoms with Gasteiger partial charge < -0.3 is 5.11 Å². The number of allylic oxidation sites excluding steroid dienone is 1. The molecule has 0 aliphatic heterocycles. The first-order valence-corrected chi connectivity index (χ1v) is 3.62. The molecule has 0 aliphatic rings. The lowest BCUT2D eigenvalue weighted by Gasteiger charge is -2.01. The molecule has 54 valence electrons. The Morgan fingerprint density at radius 3 is 2.67 bits per heavy atom. The maximum atomic E-state index is 9.09. The zero-order valence-electron chi connectivity index (χ0n) is 6.30. The minimum absolute atomic E-state index is 0.213. The van der Waals surface area contributed by atoms with Crippen LogP contribution in [0.5, 0.6) is 0 Å². The van der Waals surface area contributed by atoms with Gasteiger partial charge >= 0.3 is 0 Å². The average molecular weight is 128 g/mol. The van der Waals surface area contributed by atoms with Gasteiger partial charge in [-0.15, -0.1) is 0 Å². The van der Waals surface area contributed by atoms with Gasteiger partial charge in [0.15, 0.2) is 0 Å². The molecule has 0 rings (SSSR count). The Morgan fingerprint density at radius 1 is 1.56 bits per heavy atom. The third-order valence-electron chi connectivity index (χ3n) is 1.27. The molecule has 0 heterocycles. The maximum Gasteiger partial charge on any atom is 0.0720 e. The quantitative estimate of drug-likeness (QED) is 0.575. The van der Waals surface area contributed by atoms with Crippen LogP contribution in [0.25, 0.3) is 0 Å². The fourth-order valence-electron chi connectivity index (χ4n) is 0.732. The minimum Gasteiger partial charge on any atom is -0.389 e. The summed E-state index contributed by atoms with van der Waals surface area (Å²) in [6.07, 6.45) is 6.69. The van der Waals surface area contributed by atoms with Gasteiger partial charge in [0.1, 0.15) is 0 Å². The topological polar surface area (TPSA) is 20.2 Å². The first-order valence-electron chi connectivity index (χ1n) is 3.62. The number of unbranched alkanes of at least 4 members (excludes halogenated alkanes) is 1. The number of hydrogen-bond acceptors (Lipinski definition) is 1. The van der Waals surface area contributed by atoms with Crippen LogP contribution >= 0.6 is 0 Å². The molecule has 0 saturated heterocycles. The van der Waals surface area contributed by atoms with Crippen molar-refractivity contribution in [3.05, 3.63) is 12.2 Å². The Kier molecular flexibility index (Phi) is 5.64. The predicted molar refractivity (Wildman–Crippen MR) is 40.3 cm³/mol. The van der Waals surface area contributed by atoms with E-state index in [2.05, 4.69) is 6.92 Å². The fraction of sp³-hybridized carbons (Fsp3) is 0.750. The summed E-state index contributed by atoms with van der Waals surface area (Å²) in [7, 11) is 0. The predicted octanol–water partition coefficient (Wildman–Crippen LogP) is 2.11. The molecule has 0 aromatic heterocycles. The highest BCUT2D eigenvalue weighted by Crippen LogP contribution is 2.00. The Bertz CT molecular complexity index is 76.6. The summed E-state index contributed by atoms with van der Waals surface area (Å²) in [4.78, 5) is 0. The second-order valence-corrected chi connectivity index (χ2v) is 2.24. The molecular weight excluding hydrogens is 112 g/mol. The first-order chi connectivity index (χ1) is 4.31. The van der Waals surface area contributed by atoms with Crippen LogP contribution in [0, 0.1) is 0 Å². The molecule has 0 fully saturated rings. The van der Waals surface area contributed by atoms with Crippen molar-refractivity contribution in [1.82, 2.24) is 0 Å². The largest absolute Gasteiger partial charge is 0.389 e. The van der Waals surface area contributed by atoms with Gasteiger partial charge in [-0.25, -0.2) is 0 Å². The minimum atomic E-state index is -0.213. The highest BCUT2D eigenvalue weighted by molar-refractivity contribution is 4.84. The number of aliphatic hydroxyl groups excluding tert-OH is 1. The van der Waals surface area contributed by atoms with Gasteiger partial charge in [0, 0.05) is 0 Å². The van der Waals surface area contributed by atoms with Crippen LogP contribution in [0.15, 0.2) is 12.2 Å². The van der Waals surface area contributed by atoms with Crippen molar-refractivity contribution < 1.29 is 5.11 Å². The number of rotatable bonds is 4. The smallest absolute Gasteiger partial charge is 0.0720 e. The molecule has 9 heavy (non-hydrogen) atoms. The molecule has 0 saturated carbocycles. The van der Waals surface area contributed by atoms with Gasteiger partial charge in [-0.3, -0.25) is 0 Å². The van der Waals surface area contributed by atoms with Gasteiger partial charge in [-0.05, 0) is 13.3 Å². The third-order valence-corrected chi connectivity index (χ3v) is 1.27. The Hall–Kier alpha value is -0.300. The van der Waals surface area contributed by atoms with Crippen molar-refractivity contribution in [3.8, 4) is 0 Å². The van der Waals surface area contributed by atoms with Gasteiger partial charge in [-0.1, -0.05) is 31.9 Å². The molecular formula is C8H16O. The van der Waals surface area contributed by atoms with E-state index in [1.165, 1.54) is 0 Å². The van der Waals surface area contributed by atoms with Crippen molar-refractivity contribution in [2.45, 2.75) is 39.2 Å². The van der Waals surface area contributed by atoms with E-state index in [-0.39, 0.29) is 6.10 Å². The molecule has 0 spiro atoms. The summed E-state index contributed by atoms with van der Waals surface area (Å²) in [6.45, 7) is 4.05. The van der Waals surface area contributed by atoms with Gasteiger partial charge in [0.2, 0.25) is 0 Å². The fourth-order valence-corrected chi connectivity index (χ4v) is 0.732. The van der Waals surface area contributed by atoms with E-state index in [1.807, 2.05) is 19.1 Å². The Labute approximate surface area is 57.4 Å². The molecule has 0 aromatic carbocycles. The van der Waals surface area contributed by atoms with E-state index >= 15 is 0 Å². The number of hydrogen-bond donors (Lipinski definition) is 1. The molecule has 0 amide bonds. The lowest BCUT2D eigenvalue weighted by molar-refractivity contribution is 0.209. The van der Waals surface area contributed by atoms with Crippen molar-refractivity contribution in [1.29, 1.82) is 0 Å². The average Bonchev–Trinajstić information content (AvgIpc) is 1.85. The van der Waals surface area contributed by atoms with E-state index in [0.717, 1.165) is 19.3 Å². The van der Waals surface area contributed by atoms with Crippen molar-refractivity contribution in [3.63, 3.8) is 0 Å². The summed E-state index contributed by atoms with van der Waals surface area (Å²) in [6, 6.07) is 0. The Balaban J connectivity index is 3.15. The molecule has 0 radical (unpaired) electrons. The second kappa shape index (κ2) is 5.83. The summed E-state index contributed by atoms with van der Waals surface area (Å²) < 4.78 is 0. The van der Waals surface area contributed by atoms with Crippen molar-refractivity contribution in [2.75, 3.05) is 0 Å². The van der Waals surface area contributed by atoms with Crippen LogP contribution in [-0.4, -0.2) is 11.2 Å². The summed E-state index contributed by atoms with van der Waals surface area (Å²) in [5.74, 6) is 0. The lowest BCUT2D eigenvalue weighted by atomic mass is 10.1. The molecule has 0 aromatic rings. The summed E-state index contributed by atoms with van der Waals surface area (Å²) in [5, 5.41) is 9.09. The van der Waals surface area contributed by atoms with Crippen LogP contribution < -0.4 is 0 Å². The molecule has 0 bridgehead atoms. The normalized spacial score (nSPS) is 14.6. The second-order valence-electron chi connectivity index (χ2n) is 2.24. The van der Waals surface area contributed by atoms with Crippen LogP contribution in [-0.2, 0) is 0 Å². The maximum absolute atomic E-state index is 9.09. The van der Waals surface area contributed by atoms with Gasteiger partial charge in [0.25, 0.3) is 0 Å². The SMILES string of the molecule is C/C=C/[C@@H](O)CCCC. The molecule has 1 N–H and O–H groups in total. The van der Waals surface area contributed by atoms with Gasteiger partial charge in [-0.2, -0.15) is 0 Å². The van der Waals surface area contributed by atoms with Gasteiger partial charge in [0.05, 0.1) is 6.10 Å². The van der Waals surface area contributed by atoms with Crippen LogP contribution in [0.3, 0.4) is 0 Å². The standard InChI is InChI=1S/C8H16O/c1-3-5-7-8(9)6-4-2/h4,6,8-9H,3,5,7H2,1-2H3/b6-4+/t8-/m1/s1. The lowest BCUT2D eigenvalue weighted by Crippen LogP contribution is -2.00. The Morgan fingerprint density at radius 2 is 2.22 bits per heavy atom. The summed E-state index contributed by atoms with van der Waals surface area (Å²) >= 11 is 0. The zero-order valence-corrected chi connectivity index (χ0v) is 6.30. The van der Waals surface area contributed by atoms with Crippen LogP contribution in [0.1, 0.15) is 33.1 Å². The first kappa shape index (κ1) is 8.70. The van der Waals surface area contributed by atoms with Crippen LogP contribution in [0.4, 0.5) is 0 Å². The molecule has 1 atom stereocenters.